The molecule has 0 radical (unpaired) electrons. The zero-order valence-corrected chi connectivity index (χ0v) is 15.0. The summed E-state index contributed by atoms with van der Waals surface area (Å²) in [5, 5.41) is 9.61. The molecule has 1 N–H and O–H groups in total. The number of carbonyl (C=O) groups is 2. The molecule has 0 aliphatic carbocycles. The number of carboxylic acids is 1. The minimum atomic E-state index is -1.03. The van der Waals surface area contributed by atoms with Crippen molar-refractivity contribution in [3.05, 3.63) is 64.7 Å². The third-order valence-electron chi connectivity index (χ3n) is 4.01. The van der Waals surface area contributed by atoms with E-state index < -0.39 is 17.4 Å². The van der Waals surface area contributed by atoms with E-state index in [1.54, 1.807) is 36.4 Å². The zero-order chi connectivity index (χ0) is 18.0. The summed E-state index contributed by atoms with van der Waals surface area (Å²) in [6, 6.07) is 13.0. The van der Waals surface area contributed by atoms with Gasteiger partial charge in [-0.05, 0) is 24.3 Å². The Hall–Kier alpha value is -2.18. The number of amides is 1. The van der Waals surface area contributed by atoms with Gasteiger partial charge in [0.05, 0.1) is 7.11 Å². The number of methoxy groups -OCH3 is 1. The monoisotopic (exact) mass is 377 g/mol. The zero-order valence-electron chi connectivity index (χ0n) is 13.4. The highest BCUT2D eigenvalue weighted by molar-refractivity contribution is 7.99. The summed E-state index contributed by atoms with van der Waals surface area (Å²) in [6.07, 6.45) is 0. The van der Waals surface area contributed by atoms with Crippen LogP contribution < -0.4 is 4.74 Å². The summed E-state index contributed by atoms with van der Waals surface area (Å²) in [7, 11) is 1.52. The van der Waals surface area contributed by atoms with Crippen LogP contribution in [0.25, 0.3) is 0 Å². The van der Waals surface area contributed by atoms with Gasteiger partial charge in [0.2, 0.25) is 0 Å². The molecule has 5 nitrogen and oxygen atoms in total. The minimum Gasteiger partial charge on any atom is -0.497 e. The van der Waals surface area contributed by atoms with Crippen LogP contribution in [0.2, 0.25) is 5.02 Å². The highest BCUT2D eigenvalue weighted by Crippen LogP contribution is 2.44. The number of rotatable bonds is 4. The van der Waals surface area contributed by atoms with Gasteiger partial charge in [0.1, 0.15) is 17.2 Å². The number of carbonyl (C=O) groups excluding carboxylic acids is 1. The van der Waals surface area contributed by atoms with Crippen molar-refractivity contribution in [3.8, 4) is 5.75 Å². The lowest BCUT2D eigenvalue weighted by atomic mass is 10.1. The van der Waals surface area contributed by atoms with Crippen LogP contribution in [0.3, 0.4) is 0 Å². The number of carboxylic acid groups (broad SMARTS) is 1. The summed E-state index contributed by atoms with van der Waals surface area (Å²) < 4.78 is 5.16. The Morgan fingerprint density at radius 3 is 2.68 bits per heavy atom. The van der Waals surface area contributed by atoms with Crippen molar-refractivity contribution in [2.45, 2.75) is 11.4 Å². The van der Waals surface area contributed by atoms with Crippen LogP contribution in [0, 0.1) is 0 Å². The third kappa shape index (κ3) is 3.45. The molecule has 1 fully saturated rings. The molecule has 0 saturated carbocycles. The van der Waals surface area contributed by atoms with Crippen molar-refractivity contribution < 1.29 is 19.4 Å². The predicted octanol–water partition coefficient (Wildman–Crippen LogP) is 3.69. The van der Waals surface area contributed by atoms with Gasteiger partial charge in [-0.1, -0.05) is 35.9 Å². The number of hydrogen-bond acceptors (Lipinski definition) is 4. The van der Waals surface area contributed by atoms with Gasteiger partial charge in [0.25, 0.3) is 5.91 Å². The second-order valence-electron chi connectivity index (χ2n) is 5.51. The predicted molar refractivity (Wildman–Crippen MR) is 97.2 cm³/mol. The van der Waals surface area contributed by atoms with Gasteiger partial charge in [-0.25, -0.2) is 4.79 Å². The molecule has 2 aromatic rings. The molecule has 1 aliphatic heterocycles. The summed E-state index contributed by atoms with van der Waals surface area (Å²) in [5.41, 5.74) is 1.11. The van der Waals surface area contributed by atoms with Crippen molar-refractivity contribution >= 4 is 35.2 Å². The maximum absolute atomic E-state index is 13.1. The van der Waals surface area contributed by atoms with Gasteiger partial charge in [-0.2, -0.15) is 0 Å². The van der Waals surface area contributed by atoms with Gasteiger partial charge < -0.3 is 14.7 Å². The number of nitrogens with zero attached hydrogens (tertiary/aromatic N) is 1. The molecule has 0 aromatic heterocycles. The largest absolute Gasteiger partial charge is 0.497 e. The summed E-state index contributed by atoms with van der Waals surface area (Å²) >= 11 is 7.67. The van der Waals surface area contributed by atoms with Crippen molar-refractivity contribution in [3.63, 3.8) is 0 Å². The van der Waals surface area contributed by atoms with Crippen LogP contribution in [0.4, 0.5) is 0 Å². The molecule has 1 amide bonds. The van der Waals surface area contributed by atoms with Gasteiger partial charge in [-0.3, -0.25) is 4.79 Å². The Balaban J connectivity index is 2.01. The second-order valence-corrected chi connectivity index (χ2v) is 7.03. The van der Waals surface area contributed by atoms with Crippen molar-refractivity contribution in [1.82, 2.24) is 4.90 Å². The number of benzene rings is 2. The van der Waals surface area contributed by atoms with E-state index in [-0.39, 0.29) is 5.91 Å². The lowest BCUT2D eigenvalue weighted by Crippen LogP contribution is -2.43. The van der Waals surface area contributed by atoms with Crippen molar-refractivity contribution in [1.29, 1.82) is 0 Å². The number of halogens is 1. The number of ether oxygens (including phenoxy) is 1. The number of hydrogen-bond donors (Lipinski definition) is 1. The molecular weight excluding hydrogens is 362 g/mol. The van der Waals surface area contributed by atoms with Crippen molar-refractivity contribution in [2.24, 2.45) is 0 Å². The molecule has 1 aliphatic rings. The fourth-order valence-electron chi connectivity index (χ4n) is 2.76. The molecule has 1 saturated heterocycles. The van der Waals surface area contributed by atoms with Gasteiger partial charge >= 0.3 is 5.97 Å². The molecule has 2 atom stereocenters. The normalized spacial score (nSPS) is 19.7. The lowest BCUT2D eigenvalue weighted by molar-refractivity contribution is -0.141. The summed E-state index contributed by atoms with van der Waals surface area (Å²) in [5.74, 6) is -0.542. The highest BCUT2D eigenvalue weighted by atomic mass is 35.5. The SMILES string of the molecule is COc1cccc(C(=O)N2[C@@H](c3ccccc3Cl)SC[C@H]2C(=O)O)c1. The molecule has 0 spiro atoms. The Morgan fingerprint density at radius 2 is 2.00 bits per heavy atom. The van der Waals surface area contributed by atoms with E-state index in [0.29, 0.717) is 22.1 Å². The van der Waals surface area contributed by atoms with E-state index in [1.165, 1.54) is 23.8 Å². The molecule has 0 unspecified atom stereocenters. The summed E-state index contributed by atoms with van der Waals surface area (Å²) in [4.78, 5) is 26.1. The van der Waals surface area contributed by atoms with Crippen LogP contribution in [0.1, 0.15) is 21.3 Å². The van der Waals surface area contributed by atoms with Crippen LogP contribution in [0.15, 0.2) is 48.5 Å². The van der Waals surface area contributed by atoms with Crippen LogP contribution in [0.5, 0.6) is 5.75 Å². The second kappa shape index (κ2) is 7.37. The Labute approximate surface area is 154 Å². The Kier molecular flexibility index (Phi) is 5.20. The first-order valence-electron chi connectivity index (χ1n) is 7.58. The topological polar surface area (TPSA) is 66.8 Å². The molecule has 3 rings (SSSR count). The number of thioether (sulfide) groups is 1. The first-order valence-corrected chi connectivity index (χ1v) is 9.01. The highest BCUT2D eigenvalue weighted by Gasteiger charge is 2.43. The molecule has 7 heteroatoms. The van der Waals surface area contributed by atoms with Crippen LogP contribution in [-0.2, 0) is 4.79 Å². The maximum atomic E-state index is 13.1. The minimum absolute atomic E-state index is 0.306. The summed E-state index contributed by atoms with van der Waals surface area (Å²) in [6.45, 7) is 0. The molecule has 130 valence electrons. The fraction of sp³-hybridized carbons (Fsp3) is 0.222. The maximum Gasteiger partial charge on any atom is 0.327 e. The van der Waals surface area contributed by atoms with E-state index in [0.717, 1.165) is 5.56 Å². The van der Waals surface area contributed by atoms with Gasteiger partial charge in [-0.15, -0.1) is 11.8 Å². The van der Waals surface area contributed by atoms with E-state index in [9.17, 15) is 14.7 Å². The van der Waals surface area contributed by atoms with E-state index in [2.05, 4.69) is 0 Å². The van der Waals surface area contributed by atoms with Gasteiger partial charge in [0, 0.05) is 21.9 Å². The smallest absolute Gasteiger partial charge is 0.327 e. The lowest BCUT2D eigenvalue weighted by Gasteiger charge is -2.28. The Morgan fingerprint density at radius 1 is 1.24 bits per heavy atom. The third-order valence-corrected chi connectivity index (χ3v) is 5.66. The Bertz CT molecular complexity index is 813. The molecular formula is C18H16ClNO4S. The quantitative estimate of drug-likeness (QED) is 0.880. The van der Waals surface area contributed by atoms with Gasteiger partial charge in [0.15, 0.2) is 0 Å². The van der Waals surface area contributed by atoms with E-state index in [1.807, 2.05) is 12.1 Å². The number of aliphatic carboxylic acids is 1. The average Bonchev–Trinajstić information content (AvgIpc) is 3.06. The van der Waals surface area contributed by atoms with Crippen LogP contribution in [-0.4, -0.2) is 40.8 Å². The van der Waals surface area contributed by atoms with Crippen LogP contribution >= 0.6 is 23.4 Å². The molecule has 2 aromatic carbocycles. The van der Waals surface area contributed by atoms with E-state index in [4.69, 9.17) is 16.3 Å². The van der Waals surface area contributed by atoms with E-state index >= 15 is 0 Å². The molecule has 25 heavy (non-hydrogen) atoms. The average molecular weight is 378 g/mol. The molecule has 1 heterocycles. The first kappa shape index (κ1) is 17.6. The first-order chi connectivity index (χ1) is 12.0. The molecule has 0 bridgehead atoms. The standard InChI is InChI=1S/C18H16ClNO4S/c1-24-12-6-4-5-11(9-12)16(21)20-15(18(22)23)10-25-17(20)13-7-2-3-8-14(13)19/h2-9,15,17H,10H2,1H3,(H,22,23)/t15-,17+/m0/s1. The fourth-order valence-corrected chi connectivity index (χ4v) is 4.52. The van der Waals surface area contributed by atoms with Crippen molar-refractivity contribution in [2.75, 3.05) is 12.9 Å².